The van der Waals surface area contributed by atoms with E-state index in [4.69, 9.17) is 0 Å². The van der Waals surface area contributed by atoms with Gasteiger partial charge in [0.2, 0.25) is 5.91 Å². The van der Waals surface area contributed by atoms with Gasteiger partial charge in [-0.1, -0.05) is 19.1 Å². The number of amides is 1. The number of phenols is 1. The molecular weight excluding hydrogens is 258 g/mol. The standard InChI is InChI=1S/C15H19NO4/c1-10-3-2-8-16(14(10)15(19)20)13(18)9-11-4-6-12(17)7-5-11/h4-7,10,14,17H,2-3,8-9H2,1H3,(H,19,20). The number of carbonyl (C=O) groups is 2. The van der Waals surface area contributed by atoms with Crippen LogP contribution in [0.2, 0.25) is 0 Å². The van der Waals surface area contributed by atoms with E-state index >= 15 is 0 Å². The van der Waals surface area contributed by atoms with E-state index in [-0.39, 0.29) is 24.0 Å². The molecule has 5 nitrogen and oxygen atoms in total. The maximum absolute atomic E-state index is 12.3. The highest BCUT2D eigenvalue weighted by Gasteiger charge is 2.36. The molecule has 0 bridgehead atoms. The highest BCUT2D eigenvalue weighted by Crippen LogP contribution is 2.24. The van der Waals surface area contributed by atoms with Crippen LogP contribution in [0.15, 0.2) is 24.3 Å². The molecule has 0 saturated carbocycles. The average Bonchev–Trinajstić information content (AvgIpc) is 2.40. The third-order valence-electron chi connectivity index (χ3n) is 3.80. The van der Waals surface area contributed by atoms with Gasteiger partial charge >= 0.3 is 5.97 Å². The van der Waals surface area contributed by atoms with Gasteiger partial charge in [-0.05, 0) is 36.5 Å². The van der Waals surface area contributed by atoms with Crippen molar-refractivity contribution in [2.75, 3.05) is 6.54 Å². The van der Waals surface area contributed by atoms with E-state index in [0.717, 1.165) is 18.4 Å². The summed E-state index contributed by atoms with van der Waals surface area (Å²) in [6.45, 7) is 2.37. The number of phenolic OH excluding ortho intramolecular Hbond substituents is 1. The van der Waals surface area contributed by atoms with Gasteiger partial charge in [-0.25, -0.2) is 4.79 Å². The second-order valence-electron chi connectivity index (χ2n) is 5.33. The van der Waals surface area contributed by atoms with E-state index in [9.17, 15) is 19.8 Å². The molecule has 0 aromatic heterocycles. The third-order valence-corrected chi connectivity index (χ3v) is 3.80. The quantitative estimate of drug-likeness (QED) is 0.880. The Kier molecular flexibility index (Phi) is 4.27. The molecule has 1 heterocycles. The van der Waals surface area contributed by atoms with Crippen molar-refractivity contribution in [3.8, 4) is 5.75 Å². The first-order valence-electron chi connectivity index (χ1n) is 6.79. The molecule has 20 heavy (non-hydrogen) atoms. The second-order valence-corrected chi connectivity index (χ2v) is 5.33. The number of aliphatic carboxylic acids is 1. The minimum Gasteiger partial charge on any atom is -0.508 e. The van der Waals surface area contributed by atoms with Crippen molar-refractivity contribution in [2.45, 2.75) is 32.2 Å². The summed E-state index contributed by atoms with van der Waals surface area (Å²) < 4.78 is 0. The molecule has 2 atom stereocenters. The zero-order chi connectivity index (χ0) is 14.7. The molecular formula is C15H19NO4. The second kappa shape index (κ2) is 5.94. The topological polar surface area (TPSA) is 77.8 Å². The molecule has 108 valence electrons. The van der Waals surface area contributed by atoms with Crippen LogP contribution in [0.3, 0.4) is 0 Å². The number of benzene rings is 1. The number of rotatable bonds is 3. The van der Waals surface area contributed by atoms with Gasteiger partial charge in [-0.2, -0.15) is 0 Å². The Labute approximate surface area is 117 Å². The monoisotopic (exact) mass is 277 g/mol. The first kappa shape index (κ1) is 14.4. The van der Waals surface area contributed by atoms with Crippen LogP contribution in [0, 0.1) is 5.92 Å². The van der Waals surface area contributed by atoms with E-state index in [1.165, 1.54) is 17.0 Å². The lowest BCUT2D eigenvalue weighted by molar-refractivity contribution is -0.154. The average molecular weight is 277 g/mol. The van der Waals surface area contributed by atoms with Crippen molar-refractivity contribution in [2.24, 2.45) is 5.92 Å². The predicted octanol–water partition coefficient (Wildman–Crippen LogP) is 1.65. The summed E-state index contributed by atoms with van der Waals surface area (Å²) in [5.74, 6) is -0.980. The van der Waals surface area contributed by atoms with E-state index < -0.39 is 12.0 Å². The van der Waals surface area contributed by atoms with Crippen LogP contribution in [-0.4, -0.2) is 39.6 Å². The molecule has 0 radical (unpaired) electrons. The summed E-state index contributed by atoms with van der Waals surface area (Å²) in [6, 6.07) is 5.67. The Hall–Kier alpha value is -2.04. The fourth-order valence-corrected chi connectivity index (χ4v) is 2.73. The molecule has 2 N–H and O–H groups in total. The molecule has 2 unspecified atom stereocenters. The molecule has 1 saturated heterocycles. The fourth-order valence-electron chi connectivity index (χ4n) is 2.73. The number of piperidine rings is 1. The van der Waals surface area contributed by atoms with E-state index in [1.807, 2.05) is 6.92 Å². The largest absolute Gasteiger partial charge is 0.508 e. The molecule has 1 aliphatic rings. The van der Waals surface area contributed by atoms with Crippen molar-refractivity contribution in [1.29, 1.82) is 0 Å². The van der Waals surface area contributed by atoms with E-state index in [1.54, 1.807) is 12.1 Å². The number of aromatic hydroxyl groups is 1. The highest BCUT2D eigenvalue weighted by atomic mass is 16.4. The third kappa shape index (κ3) is 3.10. The Morgan fingerprint density at radius 3 is 2.55 bits per heavy atom. The van der Waals surface area contributed by atoms with Gasteiger partial charge in [0.15, 0.2) is 0 Å². The summed E-state index contributed by atoms with van der Waals surface area (Å²) in [4.78, 5) is 25.1. The lowest BCUT2D eigenvalue weighted by Gasteiger charge is -2.37. The van der Waals surface area contributed by atoms with Crippen LogP contribution < -0.4 is 0 Å². The SMILES string of the molecule is CC1CCCN(C(=O)Cc2ccc(O)cc2)C1C(=O)O. The van der Waals surface area contributed by atoms with Gasteiger partial charge < -0.3 is 15.1 Å². The van der Waals surface area contributed by atoms with Gasteiger partial charge in [0.05, 0.1) is 6.42 Å². The summed E-state index contributed by atoms with van der Waals surface area (Å²) in [5.41, 5.74) is 0.773. The Balaban J connectivity index is 2.10. The molecule has 0 spiro atoms. The molecule has 1 fully saturated rings. The first-order valence-corrected chi connectivity index (χ1v) is 6.79. The minimum atomic E-state index is -0.934. The smallest absolute Gasteiger partial charge is 0.326 e. The van der Waals surface area contributed by atoms with Gasteiger partial charge in [0.25, 0.3) is 0 Å². The zero-order valence-electron chi connectivity index (χ0n) is 11.5. The van der Waals surface area contributed by atoms with Gasteiger partial charge in [0.1, 0.15) is 11.8 Å². The number of carboxylic acid groups (broad SMARTS) is 1. The molecule has 2 rings (SSSR count). The molecule has 0 aliphatic carbocycles. The first-order chi connectivity index (χ1) is 9.49. The van der Waals surface area contributed by atoms with Crippen molar-refractivity contribution in [3.05, 3.63) is 29.8 Å². The van der Waals surface area contributed by atoms with Crippen molar-refractivity contribution in [1.82, 2.24) is 4.90 Å². The number of hydrogen-bond donors (Lipinski definition) is 2. The van der Waals surface area contributed by atoms with E-state index in [0.29, 0.717) is 6.54 Å². The van der Waals surface area contributed by atoms with Crippen molar-refractivity contribution >= 4 is 11.9 Å². The highest BCUT2D eigenvalue weighted by molar-refractivity contribution is 5.85. The lowest BCUT2D eigenvalue weighted by Crippen LogP contribution is -2.52. The van der Waals surface area contributed by atoms with Gasteiger partial charge in [-0.3, -0.25) is 4.79 Å². The summed E-state index contributed by atoms with van der Waals surface area (Å²) in [7, 11) is 0. The summed E-state index contributed by atoms with van der Waals surface area (Å²) in [6.07, 6.45) is 1.84. The predicted molar refractivity (Wildman–Crippen MR) is 73.3 cm³/mol. The van der Waals surface area contributed by atoms with Gasteiger partial charge in [0, 0.05) is 6.54 Å². The number of carbonyl (C=O) groups excluding carboxylic acids is 1. The molecule has 1 amide bonds. The summed E-state index contributed by atoms with van der Waals surface area (Å²) in [5, 5.41) is 18.5. The van der Waals surface area contributed by atoms with Gasteiger partial charge in [-0.15, -0.1) is 0 Å². The van der Waals surface area contributed by atoms with Crippen LogP contribution in [0.1, 0.15) is 25.3 Å². The molecule has 1 aliphatic heterocycles. The summed E-state index contributed by atoms with van der Waals surface area (Å²) >= 11 is 0. The normalized spacial score (nSPS) is 22.6. The Bertz CT molecular complexity index is 497. The van der Waals surface area contributed by atoms with E-state index in [2.05, 4.69) is 0 Å². The van der Waals surface area contributed by atoms with Crippen LogP contribution in [0.4, 0.5) is 0 Å². The van der Waals surface area contributed by atoms with Crippen molar-refractivity contribution < 1.29 is 19.8 Å². The minimum absolute atomic E-state index is 0.0231. The Morgan fingerprint density at radius 2 is 1.95 bits per heavy atom. The number of nitrogens with zero attached hydrogens (tertiary/aromatic N) is 1. The number of hydrogen-bond acceptors (Lipinski definition) is 3. The maximum Gasteiger partial charge on any atom is 0.326 e. The zero-order valence-corrected chi connectivity index (χ0v) is 11.5. The lowest BCUT2D eigenvalue weighted by atomic mass is 9.90. The molecule has 1 aromatic rings. The Morgan fingerprint density at radius 1 is 1.30 bits per heavy atom. The van der Waals surface area contributed by atoms with Crippen LogP contribution in [0.5, 0.6) is 5.75 Å². The van der Waals surface area contributed by atoms with Crippen molar-refractivity contribution in [3.63, 3.8) is 0 Å². The van der Waals surface area contributed by atoms with Crippen LogP contribution >= 0.6 is 0 Å². The number of likely N-dealkylation sites (tertiary alicyclic amines) is 1. The maximum atomic E-state index is 12.3. The molecule has 5 heteroatoms. The fraction of sp³-hybridized carbons (Fsp3) is 0.467. The number of carboxylic acids is 1. The molecule has 1 aromatic carbocycles. The van der Waals surface area contributed by atoms with Crippen LogP contribution in [-0.2, 0) is 16.0 Å². The van der Waals surface area contributed by atoms with Crippen LogP contribution in [0.25, 0.3) is 0 Å².